The van der Waals surface area contributed by atoms with E-state index in [1.165, 1.54) is 18.2 Å². The number of carbonyl (C=O) groups is 1. The van der Waals surface area contributed by atoms with Gasteiger partial charge in [0.2, 0.25) is 11.9 Å². The predicted molar refractivity (Wildman–Crippen MR) is 116 cm³/mol. The van der Waals surface area contributed by atoms with Gasteiger partial charge in [0.25, 0.3) is 22.7 Å². The number of aromatic amines is 2. The average molecular weight is 462 g/mol. The lowest BCUT2D eigenvalue weighted by Crippen LogP contribution is -2.32. The van der Waals surface area contributed by atoms with Crippen molar-refractivity contribution in [2.24, 2.45) is 0 Å². The average Bonchev–Trinajstić information content (AvgIpc) is 3.35. The highest BCUT2D eigenvalue weighted by Crippen LogP contribution is 2.20. The van der Waals surface area contributed by atoms with Crippen molar-refractivity contribution in [3.63, 3.8) is 0 Å². The number of nitrogens with one attached hydrogen (secondary N) is 2. The molecule has 34 heavy (non-hydrogen) atoms. The summed E-state index contributed by atoms with van der Waals surface area (Å²) in [4.78, 5) is 47.2. The number of phenols is 1. The lowest BCUT2D eigenvalue weighted by atomic mass is 9.95. The first-order valence-corrected chi connectivity index (χ1v) is 9.54. The molecule has 0 spiro atoms. The fourth-order valence-corrected chi connectivity index (χ4v) is 3.26. The number of aromatic hydroxyl groups is 1. The van der Waals surface area contributed by atoms with Gasteiger partial charge in [0.1, 0.15) is 23.1 Å². The number of carbonyl (C=O) groups excluding carboxylic acids is 1. The van der Waals surface area contributed by atoms with Crippen LogP contribution in [0.15, 0.2) is 39.9 Å². The van der Waals surface area contributed by atoms with E-state index in [0.29, 0.717) is 5.56 Å². The number of H-pyrrole nitrogens is 2. The summed E-state index contributed by atoms with van der Waals surface area (Å²) >= 11 is 0. The molecule has 4 aromatic heterocycles. The molecule has 4 heterocycles. The van der Waals surface area contributed by atoms with Gasteiger partial charge in [-0.25, -0.2) is 9.97 Å². The van der Waals surface area contributed by atoms with Crippen LogP contribution in [0.3, 0.4) is 0 Å². The quantitative estimate of drug-likeness (QED) is 0.182. The molecule has 7 N–H and O–H groups in total. The normalized spacial score (nSPS) is 11.8. The molecular formula is C18H14N12O4. The van der Waals surface area contributed by atoms with Crippen molar-refractivity contribution in [1.82, 2.24) is 49.6 Å². The van der Waals surface area contributed by atoms with Gasteiger partial charge in [0, 0.05) is 0 Å². The van der Waals surface area contributed by atoms with Crippen LogP contribution >= 0.6 is 0 Å². The Hall–Kier alpha value is -5.41. The van der Waals surface area contributed by atoms with Gasteiger partial charge in [-0.2, -0.15) is 9.03 Å². The van der Waals surface area contributed by atoms with E-state index < -0.39 is 22.8 Å². The number of hydrogen-bond donors (Lipinski definition) is 5. The van der Waals surface area contributed by atoms with Gasteiger partial charge in [-0.15, -0.1) is 20.4 Å². The van der Waals surface area contributed by atoms with Crippen molar-refractivity contribution in [3.05, 3.63) is 68.0 Å². The number of nitrogens with two attached hydrogens (primary N) is 2. The molecule has 16 heteroatoms. The Kier molecular flexibility index (Phi) is 4.59. The van der Waals surface area contributed by atoms with Crippen LogP contribution in [0, 0.1) is 0 Å². The number of nitrogen functional groups attached to an aromatic ring is 2. The SMILES string of the molecule is Nc1nnc2nc(C(C(=O)C=Cc3cccc(O)c3)c3nc4nnc(N)n4[nH]c3=O)c(=O)[nH]n12. The molecule has 0 aliphatic heterocycles. The van der Waals surface area contributed by atoms with Gasteiger partial charge in [0.05, 0.1) is 0 Å². The Labute approximate surface area is 186 Å². The van der Waals surface area contributed by atoms with E-state index in [-0.39, 0.29) is 40.6 Å². The van der Waals surface area contributed by atoms with Crippen LogP contribution in [-0.4, -0.2) is 60.5 Å². The first-order chi connectivity index (χ1) is 16.3. The molecule has 0 fully saturated rings. The van der Waals surface area contributed by atoms with Gasteiger partial charge < -0.3 is 16.6 Å². The third-order valence-corrected chi connectivity index (χ3v) is 4.82. The molecule has 170 valence electrons. The molecular weight excluding hydrogens is 448 g/mol. The largest absolute Gasteiger partial charge is 0.508 e. The number of phenolic OH excluding ortho intramolecular Hbond substituents is 1. The Bertz CT molecular complexity index is 1630. The van der Waals surface area contributed by atoms with Crippen molar-refractivity contribution in [2.75, 3.05) is 11.5 Å². The molecule has 0 aliphatic carbocycles. The Balaban J connectivity index is 1.69. The molecule has 1 aromatic carbocycles. The molecule has 0 atom stereocenters. The second kappa shape index (κ2) is 7.62. The number of rotatable bonds is 5. The molecule has 0 saturated carbocycles. The molecule has 0 bridgehead atoms. The second-order valence-corrected chi connectivity index (χ2v) is 7.03. The minimum atomic E-state index is -1.56. The lowest BCUT2D eigenvalue weighted by Gasteiger charge is -2.12. The van der Waals surface area contributed by atoms with Gasteiger partial charge in [-0.1, -0.05) is 18.2 Å². The van der Waals surface area contributed by atoms with Crippen molar-refractivity contribution < 1.29 is 9.90 Å². The van der Waals surface area contributed by atoms with E-state index in [1.807, 2.05) is 0 Å². The van der Waals surface area contributed by atoms with Crippen LogP contribution in [0.1, 0.15) is 22.9 Å². The molecule has 0 aliphatic rings. The van der Waals surface area contributed by atoms with Gasteiger partial charge in [-0.05, 0) is 23.8 Å². The standard InChI is InChI=1S/C18H14N12O4/c19-15-23-25-17-21-11(13(33)27-29(15)17)10(9(32)5-4-7-2-1-3-8(31)6-7)12-14(34)28-30-16(20)24-26-18(30)22-12/h1-6,10,31H,(H2,19,23)(H2,20,24)(H,27,33)(H,28,34). The maximum atomic E-state index is 13.3. The summed E-state index contributed by atoms with van der Waals surface area (Å²) < 4.78 is 2.05. The highest BCUT2D eigenvalue weighted by Gasteiger charge is 2.31. The summed E-state index contributed by atoms with van der Waals surface area (Å²) in [7, 11) is 0. The Morgan fingerprint density at radius 2 is 1.50 bits per heavy atom. The monoisotopic (exact) mass is 462 g/mol. The summed E-state index contributed by atoms with van der Waals surface area (Å²) in [5.74, 6) is -2.76. The summed E-state index contributed by atoms with van der Waals surface area (Å²) in [5.41, 5.74) is 9.37. The highest BCUT2D eigenvalue weighted by atomic mass is 16.3. The van der Waals surface area contributed by atoms with Gasteiger partial charge in [-0.3, -0.25) is 24.6 Å². The summed E-state index contributed by atoms with van der Waals surface area (Å²) in [6.07, 6.45) is 2.53. The number of fused-ring (bicyclic) bond motifs is 2. The first-order valence-electron chi connectivity index (χ1n) is 9.54. The molecule has 5 rings (SSSR count). The predicted octanol–water partition coefficient (Wildman–Crippen LogP) is -1.78. The molecule has 16 nitrogen and oxygen atoms in total. The van der Waals surface area contributed by atoms with E-state index in [9.17, 15) is 19.5 Å². The Morgan fingerprint density at radius 1 is 0.941 bits per heavy atom. The second-order valence-electron chi connectivity index (χ2n) is 7.03. The zero-order valence-electron chi connectivity index (χ0n) is 16.9. The minimum absolute atomic E-state index is 0.00735. The zero-order valence-corrected chi connectivity index (χ0v) is 16.9. The van der Waals surface area contributed by atoms with Crippen LogP contribution in [0.5, 0.6) is 5.75 Å². The van der Waals surface area contributed by atoms with E-state index in [2.05, 4.69) is 40.6 Å². The van der Waals surface area contributed by atoms with E-state index in [4.69, 9.17) is 11.5 Å². The third kappa shape index (κ3) is 3.40. The highest BCUT2D eigenvalue weighted by molar-refractivity contribution is 6.00. The van der Waals surface area contributed by atoms with Gasteiger partial charge >= 0.3 is 0 Å². The van der Waals surface area contributed by atoms with Crippen molar-refractivity contribution in [1.29, 1.82) is 0 Å². The maximum absolute atomic E-state index is 13.3. The van der Waals surface area contributed by atoms with Gasteiger partial charge in [0.15, 0.2) is 5.78 Å². The first kappa shape index (κ1) is 20.5. The maximum Gasteiger partial charge on any atom is 0.286 e. The van der Waals surface area contributed by atoms with Crippen LogP contribution in [0.25, 0.3) is 17.6 Å². The summed E-state index contributed by atoms with van der Waals surface area (Å²) in [5, 5.41) is 29.1. The summed E-state index contributed by atoms with van der Waals surface area (Å²) in [6, 6.07) is 6.12. The number of hydrogen-bond acceptors (Lipinski definition) is 12. The van der Waals surface area contributed by atoms with Crippen molar-refractivity contribution in [3.8, 4) is 5.75 Å². The van der Waals surface area contributed by atoms with E-state index >= 15 is 0 Å². The van der Waals surface area contributed by atoms with E-state index in [0.717, 1.165) is 15.1 Å². The van der Waals surface area contributed by atoms with Crippen LogP contribution < -0.4 is 22.6 Å². The summed E-state index contributed by atoms with van der Waals surface area (Å²) in [6.45, 7) is 0. The molecule has 0 radical (unpaired) electrons. The van der Waals surface area contributed by atoms with Crippen LogP contribution in [0.4, 0.5) is 11.9 Å². The minimum Gasteiger partial charge on any atom is -0.508 e. The molecule has 0 saturated heterocycles. The smallest absolute Gasteiger partial charge is 0.286 e. The number of aromatic nitrogens is 10. The van der Waals surface area contributed by atoms with Crippen molar-refractivity contribution in [2.45, 2.75) is 5.92 Å². The number of ketones is 1. The number of nitrogens with zero attached hydrogens (tertiary/aromatic N) is 8. The number of anilines is 2. The number of benzene rings is 1. The zero-order chi connectivity index (χ0) is 24.0. The number of allylic oxidation sites excluding steroid dienone is 1. The van der Waals surface area contributed by atoms with Crippen LogP contribution in [0.2, 0.25) is 0 Å². The fourth-order valence-electron chi connectivity index (χ4n) is 3.26. The topological polar surface area (TPSA) is 241 Å². The Morgan fingerprint density at radius 3 is 2.03 bits per heavy atom. The molecule has 0 amide bonds. The lowest BCUT2D eigenvalue weighted by molar-refractivity contribution is -0.115. The van der Waals surface area contributed by atoms with Crippen molar-refractivity contribution >= 4 is 35.3 Å². The van der Waals surface area contributed by atoms with Crippen LogP contribution in [-0.2, 0) is 4.79 Å². The third-order valence-electron chi connectivity index (χ3n) is 4.82. The molecule has 0 unspecified atom stereocenters. The molecule has 5 aromatic rings. The fraction of sp³-hybridized carbons (Fsp3) is 0.0556. The van der Waals surface area contributed by atoms with E-state index in [1.54, 1.807) is 12.1 Å².